The molecular formula is C15H21F3N2O3. The SMILES string of the molecule is CNCCCC(=O)Nc1cc(C(F)(F)F)ccc1OCCOC. The number of hydrogen-bond donors (Lipinski definition) is 2. The summed E-state index contributed by atoms with van der Waals surface area (Å²) in [5, 5.41) is 5.37. The molecule has 0 heterocycles. The molecule has 2 N–H and O–H groups in total. The third kappa shape index (κ3) is 6.87. The molecular weight excluding hydrogens is 313 g/mol. The molecule has 0 bridgehead atoms. The third-order valence-electron chi connectivity index (χ3n) is 2.96. The second-order valence-corrected chi connectivity index (χ2v) is 4.81. The Balaban J connectivity index is 2.86. The minimum Gasteiger partial charge on any atom is -0.489 e. The van der Waals surface area contributed by atoms with Crippen molar-refractivity contribution in [2.75, 3.05) is 39.2 Å². The number of carbonyl (C=O) groups is 1. The second kappa shape index (κ2) is 9.36. The van der Waals surface area contributed by atoms with Crippen LogP contribution in [0.2, 0.25) is 0 Å². The van der Waals surface area contributed by atoms with Crippen LogP contribution in [0.4, 0.5) is 18.9 Å². The lowest BCUT2D eigenvalue weighted by Gasteiger charge is -2.15. The Kier molecular flexibility index (Phi) is 7.84. The molecule has 1 aromatic rings. The van der Waals surface area contributed by atoms with E-state index in [1.165, 1.54) is 13.2 Å². The van der Waals surface area contributed by atoms with Gasteiger partial charge in [-0.15, -0.1) is 0 Å². The fourth-order valence-electron chi connectivity index (χ4n) is 1.80. The number of rotatable bonds is 9. The van der Waals surface area contributed by atoms with Crippen molar-refractivity contribution in [1.82, 2.24) is 5.32 Å². The van der Waals surface area contributed by atoms with Crippen LogP contribution in [-0.4, -0.2) is 39.8 Å². The van der Waals surface area contributed by atoms with Gasteiger partial charge >= 0.3 is 6.18 Å². The Labute approximate surface area is 133 Å². The summed E-state index contributed by atoms with van der Waals surface area (Å²) in [6.45, 7) is 1.11. The zero-order valence-electron chi connectivity index (χ0n) is 13.1. The number of hydrogen-bond acceptors (Lipinski definition) is 4. The first-order valence-corrected chi connectivity index (χ1v) is 7.16. The molecule has 0 atom stereocenters. The number of nitrogens with one attached hydrogen (secondary N) is 2. The maximum atomic E-state index is 12.8. The minimum atomic E-state index is -4.49. The Hall–Kier alpha value is -1.80. The number of alkyl halides is 3. The molecule has 1 aromatic carbocycles. The van der Waals surface area contributed by atoms with E-state index >= 15 is 0 Å². The molecule has 0 unspecified atom stereocenters. The maximum Gasteiger partial charge on any atom is 0.416 e. The topological polar surface area (TPSA) is 59.6 Å². The lowest BCUT2D eigenvalue weighted by Crippen LogP contribution is -2.17. The number of carbonyl (C=O) groups excluding carboxylic acids is 1. The number of ether oxygens (including phenoxy) is 2. The summed E-state index contributed by atoms with van der Waals surface area (Å²) < 4.78 is 48.6. The standard InChI is InChI=1S/C15H21F3N2O3/c1-19-7-3-4-14(21)20-12-10-11(15(16,17)18)5-6-13(12)23-9-8-22-2/h5-6,10,19H,3-4,7-9H2,1-2H3,(H,20,21). The summed E-state index contributed by atoms with van der Waals surface area (Å²) in [5.74, 6) is -0.187. The largest absolute Gasteiger partial charge is 0.489 e. The van der Waals surface area contributed by atoms with Crippen molar-refractivity contribution >= 4 is 11.6 Å². The molecule has 5 nitrogen and oxygen atoms in total. The Morgan fingerprint density at radius 1 is 1.26 bits per heavy atom. The van der Waals surface area contributed by atoms with Gasteiger partial charge in [-0.1, -0.05) is 0 Å². The molecule has 0 spiro atoms. The number of halogens is 3. The number of methoxy groups -OCH3 is 1. The number of amides is 1. The van der Waals surface area contributed by atoms with Crippen molar-refractivity contribution in [2.45, 2.75) is 19.0 Å². The normalized spacial score (nSPS) is 11.3. The molecule has 130 valence electrons. The highest BCUT2D eigenvalue weighted by Gasteiger charge is 2.31. The summed E-state index contributed by atoms with van der Waals surface area (Å²) >= 11 is 0. The van der Waals surface area contributed by atoms with E-state index in [0.29, 0.717) is 13.0 Å². The molecule has 1 amide bonds. The van der Waals surface area contributed by atoms with Crippen molar-refractivity contribution in [2.24, 2.45) is 0 Å². The van der Waals surface area contributed by atoms with Crippen molar-refractivity contribution < 1.29 is 27.4 Å². The predicted molar refractivity (Wildman–Crippen MR) is 80.6 cm³/mol. The summed E-state index contributed by atoms with van der Waals surface area (Å²) in [5.41, 5.74) is -0.840. The fraction of sp³-hybridized carbons (Fsp3) is 0.533. The number of anilines is 1. The van der Waals surface area contributed by atoms with E-state index in [0.717, 1.165) is 12.1 Å². The highest BCUT2D eigenvalue weighted by Crippen LogP contribution is 2.35. The van der Waals surface area contributed by atoms with Crippen LogP contribution in [0.5, 0.6) is 5.75 Å². The van der Waals surface area contributed by atoms with E-state index < -0.39 is 11.7 Å². The van der Waals surface area contributed by atoms with Gasteiger partial charge in [-0.2, -0.15) is 13.2 Å². The first-order chi connectivity index (χ1) is 10.9. The van der Waals surface area contributed by atoms with Crippen LogP contribution in [0.3, 0.4) is 0 Å². The molecule has 0 aliphatic heterocycles. The molecule has 0 radical (unpaired) electrons. The lowest BCUT2D eigenvalue weighted by atomic mass is 10.1. The first-order valence-electron chi connectivity index (χ1n) is 7.16. The van der Waals surface area contributed by atoms with E-state index in [2.05, 4.69) is 10.6 Å². The van der Waals surface area contributed by atoms with Crippen molar-refractivity contribution in [1.29, 1.82) is 0 Å². The van der Waals surface area contributed by atoms with Gasteiger partial charge in [-0.05, 0) is 38.2 Å². The predicted octanol–water partition coefficient (Wildman–Crippen LogP) is 2.67. The molecule has 0 saturated heterocycles. The Bertz CT molecular complexity index is 507. The van der Waals surface area contributed by atoms with Gasteiger partial charge in [0.05, 0.1) is 17.9 Å². The quantitative estimate of drug-likeness (QED) is 0.682. The van der Waals surface area contributed by atoms with Gasteiger partial charge in [-0.25, -0.2) is 0 Å². The molecule has 0 saturated carbocycles. The molecule has 0 aromatic heterocycles. The fourth-order valence-corrected chi connectivity index (χ4v) is 1.80. The number of benzene rings is 1. The van der Waals surface area contributed by atoms with Gasteiger partial charge in [0.25, 0.3) is 0 Å². The van der Waals surface area contributed by atoms with Gasteiger partial charge in [0.1, 0.15) is 12.4 Å². The Morgan fingerprint density at radius 2 is 2.00 bits per heavy atom. The van der Waals surface area contributed by atoms with Crippen molar-refractivity contribution in [3.8, 4) is 5.75 Å². The molecule has 0 aliphatic carbocycles. The summed E-state index contributed by atoms with van der Waals surface area (Å²) in [4.78, 5) is 11.8. The van der Waals surface area contributed by atoms with Gasteiger partial charge in [0.15, 0.2) is 0 Å². The highest BCUT2D eigenvalue weighted by molar-refractivity contribution is 5.92. The van der Waals surface area contributed by atoms with Crippen LogP contribution in [0.25, 0.3) is 0 Å². The van der Waals surface area contributed by atoms with Crippen LogP contribution in [0.1, 0.15) is 18.4 Å². The van der Waals surface area contributed by atoms with Gasteiger partial charge in [0.2, 0.25) is 5.91 Å². The molecule has 8 heteroatoms. The van der Waals surface area contributed by atoms with E-state index in [4.69, 9.17) is 9.47 Å². The monoisotopic (exact) mass is 334 g/mol. The van der Waals surface area contributed by atoms with Gasteiger partial charge in [0, 0.05) is 13.5 Å². The van der Waals surface area contributed by atoms with Crippen LogP contribution < -0.4 is 15.4 Å². The van der Waals surface area contributed by atoms with E-state index in [1.54, 1.807) is 7.05 Å². The second-order valence-electron chi connectivity index (χ2n) is 4.81. The summed E-state index contributed by atoms with van der Waals surface area (Å²) in [7, 11) is 3.24. The average molecular weight is 334 g/mol. The van der Waals surface area contributed by atoms with Crippen LogP contribution >= 0.6 is 0 Å². The zero-order valence-corrected chi connectivity index (χ0v) is 13.1. The minimum absolute atomic E-state index is 0.00499. The average Bonchev–Trinajstić information content (AvgIpc) is 2.48. The van der Waals surface area contributed by atoms with E-state index in [1.807, 2.05) is 0 Å². The highest BCUT2D eigenvalue weighted by atomic mass is 19.4. The zero-order chi connectivity index (χ0) is 17.3. The molecule has 23 heavy (non-hydrogen) atoms. The van der Waals surface area contributed by atoms with Crippen molar-refractivity contribution in [3.05, 3.63) is 23.8 Å². The van der Waals surface area contributed by atoms with Crippen LogP contribution in [0, 0.1) is 0 Å². The van der Waals surface area contributed by atoms with Crippen molar-refractivity contribution in [3.63, 3.8) is 0 Å². The molecule has 0 aliphatic rings. The third-order valence-corrected chi connectivity index (χ3v) is 2.96. The first kappa shape index (κ1) is 19.2. The van der Waals surface area contributed by atoms with Crippen LogP contribution in [0.15, 0.2) is 18.2 Å². The van der Waals surface area contributed by atoms with Crippen LogP contribution in [-0.2, 0) is 15.7 Å². The van der Waals surface area contributed by atoms with Gasteiger partial charge < -0.3 is 20.1 Å². The lowest BCUT2D eigenvalue weighted by molar-refractivity contribution is -0.137. The summed E-state index contributed by atoms with van der Waals surface area (Å²) in [6.07, 6.45) is -3.70. The Morgan fingerprint density at radius 3 is 2.61 bits per heavy atom. The maximum absolute atomic E-state index is 12.8. The van der Waals surface area contributed by atoms with Gasteiger partial charge in [-0.3, -0.25) is 4.79 Å². The molecule has 0 fully saturated rings. The van der Waals surface area contributed by atoms with E-state index in [-0.39, 0.29) is 37.0 Å². The molecule has 1 rings (SSSR count). The summed E-state index contributed by atoms with van der Waals surface area (Å²) in [6, 6.07) is 2.98. The van der Waals surface area contributed by atoms with E-state index in [9.17, 15) is 18.0 Å². The smallest absolute Gasteiger partial charge is 0.416 e.